The number of nitrogens with zero attached hydrogens (tertiary/aromatic N) is 1. The van der Waals surface area contributed by atoms with Gasteiger partial charge in [0.15, 0.2) is 0 Å². The van der Waals surface area contributed by atoms with E-state index in [1.54, 1.807) is 0 Å². The maximum atomic E-state index is 5.76. The molecule has 2 rings (SSSR count). The molecule has 2 heterocycles. The average molecular weight is 184 g/mol. The summed E-state index contributed by atoms with van der Waals surface area (Å²) in [7, 11) is 0. The smallest absolute Gasteiger partial charge is 0.0855 e. The Labute approximate surface area is 80.4 Å². The number of fused-ring (bicyclic) bond motifs is 1. The van der Waals surface area contributed by atoms with Gasteiger partial charge in [-0.2, -0.15) is 0 Å². The number of nitrogens with one attached hydrogen (secondary N) is 1. The van der Waals surface area contributed by atoms with Crippen molar-refractivity contribution in [1.29, 1.82) is 0 Å². The summed E-state index contributed by atoms with van der Waals surface area (Å²) < 4.78 is 5.76. The first-order valence-corrected chi connectivity index (χ1v) is 5.36. The minimum Gasteiger partial charge on any atom is -0.374 e. The zero-order valence-electron chi connectivity index (χ0n) is 8.62. The third kappa shape index (κ3) is 2.03. The predicted molar refractivity (Wildman–Crippen MR) is 52.9 cm³/mol. The van der Waals surface area contributed by atoms with Crippen LogP contribution in [-0.4, -0.2) is 49.3 Å². The van der Waals surface area contributed by atoms with Gasteiger partial charge in [-0.1, -0.05) is 0 Å². The molecule has 1 unspecified atom stereocenters. The Hall–Kier alpha value is -0.120. The Kier molecular flexibility index (Phi) is 2.86. The van der Waals surface area contributed by atoms with Crippen molar-refractivity contribution in [1.82, 2.24) is 10.2 Å². The molecule has 0 aliphatic carbocycles. The van der Waals surface area contributed by atoms with E-state index in [1.807, 2.05) is 0 Å². The second kappa shape index (κ2) is 3.95. The lowest BCUT2D eigenvalue weighted by atomic mass is 9.99. The molecule has 3 nitrogen and oxygen atoms in total. The highest BCUT2D eigenvalue weighted by Gasteiger charge is 2.32. The Morgan fingerprint density at radius 3 is 3.08 bits per heavy atom. The van der Waals surface area contributed by atoms with Crippen LogP contribution in [0.25, 0.3) is 0 Å². The van der Waals surface area contributed by atoms with Gasteiger partial charge in [-0.3, -0.25) is 4.90 Å². The van der Waals surface area contributed by atoms with Gasteiger partial charge < -0.3 is 10.1 Å². The summed E-state index contributed by atoms with van der Waals surface area (Å²) in [6.45, 7) is 8.76. The highest BCUT2D eigenvalue weighted by Crippen LogP contribution is 2.18. The summed E-state index contributed by atoms with van der Waals surface area (Å²) in [5.74, 6) is 0. The van der Waals surface area contributed by atoms with Gasteiger partial charge in [0.05, 0.1) is 12.7 Å². The summed E-state index contributed by atoms with van der Waals surface area (Å²) in [5.41, 5.74) is 0. The molecule has 0 bridgehead atoms. The topological polar surface area (TPSA) is 24.5 Å². The monoisotopic (exact) mass is 184 g/mol. The molecule has 2 atom stereocenters. The van der Waals surface area contributed by atoms with E-state index >= 15 is 0 Å². The maximum absolute atomic E-state index is 5.76. The summed E-state index contributed by atoms with van der Waals surface area (Å²) in [6, 6.07) is 1.27. The van der Waals surface area contributed by atoms with E-state index in [-0.39, 0.29) is 0 Å². The van der Waals surface area contributed by atoms with Crippen LogP contribution in [0.15, 0.2) is 0 Å². The van der Waals surface area contributed by atoms with Crippen LogP contribution in [0.2, 0.25) is 0 Å². The molecular weight excluding hydrogens is 164 g/mol. The van der Waals surface area contributed by atoms with Gasteiger partial charge in [-0.15, -0.1) is 0 Å². The van der Waals surface area contributed by atoms with Crippen LogP contribution in [0.1, 0.15) is 20.3 Å². The zero-order valence-corrected chi connectivity index (χ0v) is 8.62. The predicted octanol–water partition coefficient (Wildman–Crippen LogP) is 0.457. The minimum atomic E-state index is 0.435. The second-order valence-electron chi connectivity index (χ2n) is 4.35. The third-order valence-corrected chi connectivity index (χ3v) is 3.16. The van der Waals surface area contributed by atoms with Gasteiger partial charge in [-0.05, 0) is 20.3 Å². The van der Waals surface area contributed by atoms with Gasteiger partial charge in [0.1, 0.15) is 0 Å². The summed E-state index contributed by atoms with van der Waals surface area (Å²) in [6.07, 6.45) is 1.67. The third-order valence-electron chi connectivity index (χ3n) is 3.16. The lowest BCUT2D eigenvalue weighted by Crippen LogP contribution is -2.58. The van der Waals surface area contributed by atoms with Gasteiger partial charge in [-0.25, -0.2) is 0 Å². The van der Waals surface area contributed by atoms with Crippen molar-refractivity contribution in [2.75, 3.05) is 26.2 Å². The summed E-state index contributed by atoms with van der Waals surface area (Å²) >= 11 is 0. The van der Waals surface area contributed by atoms with Crippen molar-refractivity contribution in [3.63, 3.8) is 0 Å². The van der Waals surface area contributed by atoms with Crippen molar-refractivity contribution in [3.8, 4) is 0 Å². The van der Waals surface area contributed by atoms with E-state index in [1.165, 1.54) is 13.0 Å². The van der Waals surface area contributed by atoms with Crippen LogP contribution in [0.5, 0.6) is 0 Å². The van der Waals surface area contributed by atoms with E-state index in [4.69, 9.17) is 4.74 Å². The molecular formula is C10H20N2O. The van der Waals surface area contributed by atoms with Crippen LogP contribution in [-0.2, 0) is 4.74 Å². The number of hydrogen-bond acceptors (Lipinski definition) is 3. The highest BCUT2D eigenvalue weighted by molar-refractivity contribution is 4.89. The van der Waals surface area contributed by atoms with Crippen LogP contribution in [0.3, 0.4) is 0 Å². The summed E-state index contributed by atoms with van der Waals surface area (Å²) in [4.78, 5) is 2.51. The molecule has 0 aromatic carbocycles. The molecule has 0 amide bonds. The van der Waals surface area contributed by atoms with Gasteiger partial charge in [0, 0.05) is 31.7 Å². The Balaban J connectivity index is 1.91. The largest absolute Gasteiger partial charge is 0.374 e. The molecule has 2 aliphatic rings. The van der Waals surface area contributed by atoms with Crippen molar-refractivity contribution in [2.24, 2.45) is 0 Å². The van der Waals surface area contributed by atoms with E-state index in [9.17, 15) is 0 Å². The van der Waals surface area contributed by atoms with Crippen LogP contribution in [0, 0.1) is 0 Å². The fourth-order valence-corrected chi connectivity index (χ4v) is 2.27. The van der Waals surface area contributed by atoms with Crippen molar-refractivity contribution in [2.45, 2.75) is 38.5 Å². The molecule has 0 aromatic heterocycles. The second-order valence-corrected chi connectivity index (χ2v) is 4.35. The molecule has 76 valence electrons. The van der Waals surface area contributed by atoms with Gasteiger partial charge >= 0.3 is 0 Å². The van der Waals surface area contributed by atoms with Crippen molar-refractivity contribution < 1.29 is 4.74 Å². The molecule has 0 aromatic rings. The number of morpholine rings is 1. The highest BCUT2D eigenvalue weighted by atomic mass is 16.5. The number of piperidine rings is 1. The van der Waals surface area contributed by atoms with E-state index < -0.39 is 0 Å². The number of rotatable bonds is 1. The van der Waals surface area contributed by atoms with Crippen LogP contribution < -0.4 is 5.32 Å². The summed E-state index contributed by atoms with van der Waals surface area (Å²) in [5, 5.41) is 3.53. The molecule has 1 N–H and O–H groups in total. The van der Waals surface area contributed by atoms with Gasteiger partial charge in [0.2, 0.25) is 0 Å². The van der Waals surface area contributed by atoms with E-state index in [0.29, 0.717) is 18.2 Å². The van der Waals surface area contributed by atoms with Crippen LogP contribution >= 0.6 is 0 Å². The maximum Gasteiger partial charge on any atom is 0.0855 e. The van der Waals surface area contributed by atoms with Crippen LogP contribution in [0.4, 0.5) is 0 Å². The normalized spacial score (nSPS) is 36.2. The molecule has 13 heavy (non-hydrogen) atoms. The molecule has 0 spiro atoms. The first kappa shape index (κ1) is 9.44. The SMILES string of the molecule is CC(C)N1CC[C@@H]2NCCOC2C1. The molecule has 0 saturated carbocycles. The van der Waals surface area contributed by atoms with E-state index in [2.05, 4.69) is 24.1 Å². The average Bonchev–Trinajstić information content (AvgIpc) is 2.17. The van der Waals surface area contributed by atoms with Crippen molar-refractivity contribution >= 4 is 0 Å². The van der Waals surface area contributed by atoms with Gasteiger partial charge in [0.25, 0.3) is 0 Å². The molecule has 3 heteroatoms. The Morgan fingerprint density at radius 2 is 2.31 bits per heavy atom. The number of likely N-dealkylation sites (tertiary alicyclic amines) is 1. The fraction of sp³-hybridized carbons (Fsp3) is 1.00. The lowest BCUT2D eigenvalue weighted by molar-refractivity contribution is -0.0533. The molecule has 2 aliphatic heterocycles. The van der Waals surface area contributed by atoms with Crippen molar-refractivity contribution in [3.05, 3.63) is 0 Å². The first-order valence-electron chi connectivity index (χ1n) is 5.36. The Morgan fingerprint density at radius 1 is 1.46 bits per heavy atom. The molecule has 2 saturated heterocycles. The number of hydrogen-bond donors (Lipinski definition) is 1. The Bertz CT molecular complexity index is 172. The number of ether oxygens (including phenoxy) is 1. The first-order chi connectivity index (χ1) is 6.27. The molecule has 2 fully saturated rings. The lowest BCUT2D eigenvalue weighted by Gasteiger charge is -2.43. The zero-order chi connectivity index (χ0) is 9.26. The van der Waals surface area contributed by atoms with E-state index in [0.717, 1.165) is 19.7 Å². The minimum absolute atomic E-state index is 0.435. The quantitative estimate of drug-likeness (QED) is 0.640. The fourth-order valence-electron chi connectivity index (χ4n) is 2.27. The molecule has 0 radical (unpaired) electrons. The standard InChI is InChI=1S/C10H20N2O/c1-8(2)12-5-3-9-10(7-12)13-6-4-11-9/h8-11H,3-7H2,1-2H3/t9-,10?/m0/s1.